The maximum Gasteiger partial charge on any atom is 0.414 e. The van der Waals surface area contributed by atoms with Gasteiger partial charge >= 0.3 is 6.09 Å². The summed E-state index contributed by atoms with van der Waals surface area (Å²) in [4.78, 5) is 38.3. The Morgan fingerprint density at radius 3 is 2.62 bits per heavy atom. The van der Waals surface area contributed by atoms with Gasteiger partial charge in [-0.2, -0.15) is 0 Å². The molecule has 6 nitrogen and oxygen atoms in total. The quantitative estimate of drug-likeness (QED) is 0.664. The maximum atomic E-state index is 12.9. The third kappa shape index (κ3) is 3.86. The second kappa shape index (κ2) is 8.05. The van der Waals surface area contributed by atoms with Crippen molar-refractivity contribution >= 4 is 45.0 Å². The summed E-state index contributed by atoms with van der Waals surface area (Å²) in [5, 5.41) is 7.60. The molecule has 1 aliphatic rings. The van der Waals surface area contributed by atoms with E-state index in [2.05, 4.69) is 10.6 Å². The Labute approximate surface area is 171 Å². The van der Waals surface area contributed by atoms with Crippen LogP contribution in [0.2, 0.25) is 0 Å². The van der Waals surface area contributed by atoms with Crippen molar-refractivity contribution < 1.29 is 19.1 Å². The van der Waals surface area contributed by atoms with Crippen LogP contribution < -0.4 is 10.6 Å². The van der Waals surface area contributed by atoms with Gasteiger partial charge < -0.3 is 10.1 Å². The van der Waals surface area contributed by atoms with Crippen LogP contribution in [0.15, 0.2) is 42.5 Å². The highest BCUT2D eigenvalue weighted by molar-refractivity contribution is 7.17. The number of amides is 3. The van der Waals surface area contributed by atoms with E-state index >= 15 is 0 Å². The minimum Gasteiger partial charge on any atom is -0.450 e. The number of rotatable bonds is 4. The Morgan fingerprint density at radius 2 is 1.83 bits per heavy atom. The van der Waals surface area contributed by atoms with Crippen molar-refractivity contribution in [3.8, 4) is 0 Å². The largest absolute Gasteiger partial charge is 0.450 e. The lowest BCUT2D eigenvalue weighted by Crippen LogP contribution is -2.32. The fourth-order valence-corrected chi connectivity index (χ4v) is 4.84. The van der Waals surface area contributed by atoms with E-state index in [0.717, 1.165) is 40.5 Å². The number of thiophene rings is 1. The van der Waals surface area contributed by atoms with Crippen LogP contribution >= 0.6 is 11.3 Å². The summed E-state index contributed by atoms with van der Waals surface area (Å²) >= 11 is 1.40. The van der Waals surface area contributed by atoms with Crippen molar-refractivity contribution in [2.75, 3.05) is 11.9 Å². The van der Waals surface area contributed by atoms with Crippen molar-refractivity contribution in [3.63, 3.8) is 0 Å². The fraction of sp³-hybridized carbons (Fsp3) is 0.227. The summed E-state index contributed by atoms with van der Waals surface area (Å²) in [5.41, 5.74) is 1.78. The number of imide groups is 1. The molecule has 0 saturated carbocycles. The number of alkyl carbamates (subject to hydrolysis) is 1. The Kier molecular flexibility index (Phi) is 5.31. The van der Waals surface area contributed by atoms with Gasteiger partial charge in [0, 0.05) is 10.4 Å². The van der Waals surface area contributed by atoms with E-state index in [-0.39, 0.29) is 12.5 Å². The zero-order valence-corrected chi connectivity index (χ0v) is 16.7. The van der Waals surface area contributed by atoms with E-state index in [1.807, 2.05) is 36.4 Å². The lowest BCUT2D eigenvalue weighted by Gasteiger charge is -2.09. The average Bonchev–Trinajstić information content (AvgIpc) is 3.28. The van der Waals surface area contributed by atoms with Crippen molar-refractivity contribution in [2.45, 2.75) is 26.2 Å². The molecule has 4 rings (SSSR count). The third-order valence-corrected chi connectivity index (χ3v) is 6.09. The number of carbonyl (C=O) groups is 3. The van der Waals surface area contributed by atoms with E-state index in [1.54, 1.807) is 13.0 Å². The first-order valence-corrected chi connectivity index (χ1v) is 10.3. The van der Waals surface area contributed by atoms with Gasteiger partial charge in [-0.25, -0.2) is 4.79 Å². The number of ether oxygens (including phenoxy) is 1. The standard InChI is InChI=1S/C22H20N2O4S/c1-2-28-22(27)24-20(26)18-16-8-5-9-17(16)29-21(18)23-19(25)15-11-10-13-6-3-4-7-14(13)12-15/h3-4,6-7,10-12H,2,5,8-9H2,1H3,(H,23,25)(H,24,26,27). The number of nitrogens with one attached hydrogen (secondary N) is 2. The highest BCUT2D eigenvalue weighted by Crippen LogP contribution is 2.39. The zero-order chi connectivity index (χ0) is 20.4. The SMILES string of the molecule is CCOC(=O)NC(=O)c1c(NC(=O)c2ccc3ccccc3c2)sc2c1CCC2. The van der Waals surface area contributed by atoms with Crippen LogP contribution in [0.5, 0.6) is 0 Å². The Bertz CT molecular complexity index is 1120. The molecule has 0 spiro atoms. The molecule has 3 aromatic rings. The van der Waals surface area contributed by atoms with Gasteiger partial charge in [-0.15, -0.1) is 11.3 Å². The number of hydrogen-bond donors (Lipinski definition) is 2. The third-order valence-electron chi connectivity index (χ3n) is 4.88. The summed E-state index contributed by atoms with van der Waals surface area (Å²) in [6, 6.07) is 13.3. The van der Waals surface area contributed by atoms with Crippen LogP contribution in [0.4, 0.5) is 9.80 Å². The van der Waals surface area contributed by atoms with E-state index in [4.69, 9.17) is 4.74 Å². The monoisotopic (exact) mass is 408 g/mol. The second-order valence-corrected chi connectivity index (χ2v) is 7.86. The van der Waals surface area contributed by atoms with Gasteiger partial charge in [-0.05, 0) is 54.7 Å². The van der Waals surface area contributed by atoms with E-state index in [9.17, 15) is 14.4 Å². The van der Waals surface area contributed by atoms with E-state index in [0.29, 0.717) is 16.1 Å². The predicted octanol–water partition coefficient (Wildman–Crippen LogP) is 4.53. The highest BCUT2D eigenvalue weighted by Gasteiger charge is 2.28. The molecule has 0 fully saturated rings. The van der Waals surface area contributed by atoms with Gasteiger partial charge in [-0.1, -0.05) is 30.3 Å². The van der Waals surface area contributed by atoms with Crippen LogP contribution in [0.3, 0.4) is 0 Å². The topological polar surface area (TPSA) is 84.5 Å². The Balaban J connectivity index is 1.61. The van der Waals surface area contributed by atoms with Crippen molar-refractivity contribution in [2.24, 2.45) is 0 Å². The van der Waals surface area contributed by atoms with Crippen LogP contribution in [-0.4, -0.2) is 24.5 Å². The molecule has 1 aromatic heterocycles. The van der Waals surface area contributed by atoms with E-state index < -0.39 is 12.0 Å². The number of aryl methyl sites for hydroxylation is 1. The van der Waals surface area contributed by atoms with Crippen LogP contribution in [0, 0.1) is 0 Å². The lowest BCUT2D eigenvalue weighted by molar-refractivity contribution is 0.0925. The van der Waals surface area contributed by atoms with Gasteiger partial charge in [-0.3, -0.25) is 14.9 Å². The number of carbonyl (C=O) groups excluding carboxylic acids is 3. The van der Waals surface area contributed by atoms with Crippen LogP contribution in [0.25, 0.3) is 10.8 Å². The van der Waals surface area contributed by atoms with Crippen LogP contribution in [-0.2, 0) is 17.6 Å². The van der Waals surface area contributed by atoms with Gasteiger partial charge in [0.2, 0.25) is 0 Å². The first-order valence-electron chi connectivity index (χ1n) is 9.49. The molecule has 0 radical (unpaired) electrons. The molecule has 7 heteroatoms. The fourth-order valence-electron chi connectivity index (χ4n) is 3.56. The molecule has 1 heterocycles. The Morgan fingerprint density at radius 1 is 1.03 bits per heavy atom. The minimum atomic E-state index is -0.790. The smallest absolute Gasteiger partial charge is 0.414 e. The number of anilines is 1. The van der Waals surface area contributed by atoms with E-state index in [1.165, 1.54) is 11.3 Å². The molecule has 148 valence electrons. The molecule has 0 aliphatic heterocycles. The summed E-state index contributed by atoms with van der Waals surface area (Å²) in [5.74, 6) is -0.836. The zero-order valence-electron chi connectivity index (χ0n) is 15.9. The molecule has 0 saturated heterocycles. The second-order valence-electron chi connectivity index (χ2n) is 6.75. The number of fused-ring (bicyclic) bond motifs is 2. The average molecular weight is 408 g/mol. The molecule has 3 amide bonds. The molecule has 0 bridgehead atoms. The highest BCUT2D eigenvalue weighted by atomic mass is 32.1. The lowest BCUT2D eigenvalue weighted by atomic mass is 10.1. The molecule has 2 N–H and O–H groups in total. The molecule has 1 aliphatic carbocycles. The molecule has 29 heavy (non-hydrogen) atoms. The summed E-state index contributed by atoms with van der Waals surface area (Å²) in [7, 11) is 0. The molecule has 2 aromatic carbocycles. The van der Waals surface area contributed by atoms with Crippen LogP contribution in [0.1, 0.15) is 44.5 Å². The predicted molar refractivity (Wildman–Crippen MR) is 113 cm³/mol. The molecular weight excluding hydrogens is 388 g/mol. The van der Waals surface area contributed by atoms with Crippen molar-refractivity contribution in [3.05, 3.63) is 64.0 Å². The van der Waals surface area contributed by atoms with Crippen molar-refractivity contribution in [1.82, 2.24) is 5.32 Å². The first kappa shape index (κ1) is 19.1. The van der Waals surface area contributed by atoms with Gasteiger partial charge in [0.05, 0.1) is 12.2 Å². The molecular formula is C22H20N2O4S. The molecule has 0 unspecified atom stereocenters. The first-order chi connectivity index (χ1) is 14.1. The van der Waals surface area contributed by atoms with Gasteiger partial charge in [0.1, 0.15) is 5.00 Å². The number of benzene rings is 2. The summed E-state index contributed by atoms with van der Waals surface area (Å²) < 4.78 is 4.81. The van der Waals surface area contributed by atoms with Gasteiger partial charge in [0.25, 0.3) is 11.8 Å². The van der Waals surface area contributed by atoms with Gasteiger partial charge in [0.15, 0.2) is 0 Å². The minimum absolute atomic E-state index is 0.173. The summed E-state index contributed by atoms with van der Waals surface area (Å²) in [6.07, 6.45) is 1.79. The number of hydrogen-bond acceptors (Lipinski definition) is 5. The maximum absolute atomic E-state index is 12.9. The molecule has 0 atom stereocenters. The summed E-state index contributed by atoms with van der Waals surface area (Å²) in [6.45, 7) is 1.84. The van der Waals surface area contributed by atoms with Crippen molar-refractivity contribution in [1.29, 1.82) is 0 Å². The normalized spacial score (nSPS) is 12.4. The Hall–Kier alpha value is -3.19.